The molecule has 1 aliphatic carbocycles. The van der Waals surface area contributed by atoms with E-state index in [0.29, 0.717) is 12.8 Å². The van der Waals surface area contributed by atoms with Crippen LogP contribution in [0.1, 0.15) is 33.6 Å². The lowest BCUT2D eigenvalue weighted by Crippen LogP contribution is -2.25. The Morgan fingerprint density at radius 3 is 2.35 bits per heavy atom. The quantitative estimate of drug-likeness (QED) is 0.543. The summed E-state index contributed by atoms with van der Waals surface area (Å²) >= 11 is 0. The Balaban J connectivity index is 3.02. The first-order valence-corrected chi connectivity index (χ1v) is 7.64. The molecule has 0 saturated heterocycles. The van der Waals surface area contributed by atoms with E-state index in [0.717, 1.165) is 5.57 Å². The van der Waals surface area contributed by atoms with Crippen LogP contribution in [0.3, 0.4) is 0 Å². The number of Topliss-reactive ketones (excluding diaryl/α,β-unsaturated/α-hetero) is 1. The minimum absolute atomic E-state index is 0.0248. The van der Waals surface area contributed by atoms with E-state index in [-0.39, 0.29) is 24.9 Å². The van der Waals surface area contributed by atoms with Crippen LogP contribution in [0.4, 0.5) is 0 Å². The zero-order valence-corrected chi connectivity index (χ0v) is 11.7. The maximum atomic E-state index is 12.6. The second-order valence-electron chi connectivity index (χ2n) is 4.28. The molecule has 1 rings (SSSR count). The van der Waals surface area contributed by atoms with Crippen molar-refractivity contribution in [2.75, 3.05) is 13.2 Å². The normalized spacial score (nSPS) is 25.2. The molecule has 0 heterocycles. The lowest BCUT2D eigenvalue weighted by molar-refractivity contribution is -0.117. The standard InChI is InChI=1S/C12H21O4P/c1-5-15-17(14,16-6-2)12-10(9(3)4)7-8-11(12)13/h10,12H,3,5-8H2,1-2,4H3. The van der Waals surface area contributed by atoms with Crippen LogP contribution in [0.15, 0.2) is 12.2 Å². The van der Waals surface area contributed by atoms with Gasteiger partial charge in [-0.25, -0.2) is 0 Å². The Morgan fingerprint density at radius 2 is 1.94 bits per heavy atom. The number of hydrogen-bond donors (Lipinski definition) is 0. The molecule has 0 aromatic rings. The molecular formula is C12H21O4P. The van der Waals surface area contributed by atoms with Crippen molar-refractivity contribution in [2.45, 2.75) is 39.3 Å². The topological polar surface area (TPSA) is 52.6 Å². The second kappa shape index (κ2) is 5.94. The van der Waals surface area contributed by atoms with Crippen LogP contribution in [-0.2, 0) is 18.4 Å². The van der Waals surface area contributed by atoms with Crippen LogP contribution < -0.4 is 0 Å². The average molecular weight is 260 g/mol. The van der Waals surface area contributed by atoms with E-state index >= 15 is 0 Å². The Labute approximate surface area is 103 Å². The first-order chi connectivity index (χ1) is 7.96. The molecule has 98 valence electrons. The fourth-order valence-corrected chi connectivity index (χ4v) is 4.74. The van der Waals surface area contributed by atoms with Crippen molar-refractivity contribution >= 4 is 13.4 Å². The maximum absolute atomic E-state index is 12.6. The van der Waals surface area contributed by atoms with Gasteiger partial charge in [-0.1, -0.05) is 12.2 Å². The van der Waals surface area contributed by atoms with E-state index < -0.39 is 13.3 Å². The Kier molecular flexibility index (Phi) is 5.11. The second-order valence-corrected chi connectivity index (χ2v) is 6.43. The van der Waals surface area contributed by atoms with Gasteiger partial charge < -0.3 is 9.05 Å². The van der Waals surface area contributed by atoms with Gasteiger partial charge in [-0.3, -0.25) is 9.36 Å². The molecule has 17 heavy (non-hydrogen) atoms. The van der Waals surface area contributed by atoms with Gasteiger partial charge in [0.25, 0.3) is 0 Å². The number of allylic oxidation sites excluding steroid dienone is 1. The molecule has 1 saturated carbocycles. The predicted molar refractivity (Wildman–Crippen MR) is 67.2 cm³/mol. The highest BCUT2D eigenvalue weighted by Gasteiger charge is 2.49. The van der Waals surface area contributed by atoms with Crippen LogP contribution in [-0.4, -0.2) is 24.7 Å². The Hall–Kier alpha value is -0.440. The molecule has 0 amide bonds. The van der Waals surface area contributed by atoms with E-state index in [9.17, 15) is 9.36 Å². The SMILES string of the molecule is C=C(C)C1CCC(=O)C1P(=O)(OCC)OCC. The fraction of sp³-hybridized carbons (Fsp3) is 0.750. The zero-order chi connectivity index (χ0) is 13.1. The first kappa shape index (κ1) is 14.6. The van der Waals surface area contributed by atoms with E-state index in [2.05, 4.69) is 6.58 Å². The van der Waals surface area contributed by atoms with Crippen molar-refractivity contribution < 1.29 is 18.4 Å². The van der Waals surface area contributed by atoms with Gasteiger partial charge in [0.05, 0.1) is 13.2 Å². The molecule has 0 spiro atoms. The number of carbonyl (C=O) groups is 1. The molecule has 1 fully saturated rings. The zero-order valence-electron chi connectivity index (χ0n) is 10.8. The highest BCUT2D eigenvalue weighted by Crippen LogP contribution is 2.59. The monoisotopic (exact) mass is 260 g/mol. The smallest absolute Gasteiger partial charge is 0.308 e. The van der Waals surface area contributed by atoms with Crippen LogP contribution in [0.5, 0.6) is 0 Å². The summed E-state index contributed by atoms with van der Waals surface area (Å²) in [7, 11) is -3.34. The van der Waals surface area contributed by atoms with Crippen LogP contribution in [0, 0.1) is 5.92 Å². The number of hydrogen-bond acceptors (Lipinski definition) is 4. The van der Waals surface area contributed by atoms with E-state index in [1.807, 2.05) is 6.92 Å². The molecule has 0 bridgehead atoms. The summed E-state index contributed by atoms with van der Waals surface area (Å²) in [6.45, 7) is 9.80. The van der Waals surface area contributed by atoms with Crippen molar-refractivity contribution in [3.8, 4) is 0 Å². The summed E-state index contributed by atoms with van der Waals surface area (Å²) in [6, 6.07) is 0. The molecular weight excluding hydrogens is 239 g/mol. The van der Waals surface area contributed by atoms with E-state index in [1.54, 1.807) is 13.8 Å². The highest BCUT2D eigenvalue weighted by atomic mass is 31.2. The minimum atomic E-state index is -3.34. The third-order valence-electron chi connectivity index (χ3n) is 3.00. The summed E-state index contributed by atoms with van der Waals surface area (Å²) in [5.41, 5.74) is 0.223. The molecule has 1 aliphatic rings. The minimum Gasteiger partial charge on any atom is -0.308 e. The van der Waals surface area contributed by atoms with Crippen molar-refractivity contribution in [2.24, 2.45) is 5.92 Å². The van der Waals surface area contributed by atoms with Gasteiger partial charge in [0.1, 0.15) is 11.4 Å². The van der Waals surface area contributed by atoms with Gasteiger partial charge in [-0.15, -0.1) is 0 Å². The Bertz CT molecular complexity index is 340. The van der Waals surface area contributed by atoms with E-state index in [4.69, 9.17) is 9.05 Å². The van der Waals surface area contributed by atoms with Crippen molar-refractivity contribution in [1.29, 1.82) is 0 Å². The largest absolute Gasteiger partial charge is 0.341 e. The van der Waals surface area contributed by atoms with Crippen LogP contribution in [0.25, 0.3) is 0 Å². The average Bonchev–Trinajstić information content (AvgIpc) is 2.61. The van der Waals surface area contributed by atoms with Crippen LogP contribution >= 0.6 is 7.60 Å². The summed E-state index contributed by atoms with van der Waals surface area (Å²) in [4.78, 5) is 11.9. The van der Waals surface area contributed by atoms with Gasteiger partial charge in [0, 0.05) is 12.3 Å². The molecule has 0 radical (unpaired) electrons. The lowest BCUT2D eigenvalue weighted by atomic mass is 10.0. The number of carbonyl (C=O) groups excluding carboxylic acids is 1. The van der Waals surface area contributed by atoms with Gasteiger partial charge in [-0.2, -0.15) is 0 Å². The molecule has 2 unspecified atom stereocenters. The van der Waals surface area contributed by atoms with Gasteiger partial charge in [0.2, 0.25) is 0 Å². The predicted octanol–water partition coefficient (Wildman–Crippen LogP) is 3.18. The van der Waals surface area contributed by atoms with Gasteiger partial charge in [-0.05, 0) is 27.2 Å². The number of rotatable bonds is 6. The highest BCUT2D eigenvalue weighted by molar-refractivity contribution is 7.55. The maximum Gasteiger partial charge on any atom is 0.341 e. The molecule has 4 nitrogen and oxygen atoms in total. The summed E-state index contributed by atoms with van der Waals surface area (Å²) in [5, 5.41) is 0. The fourth-order valence-electron chi connectivity index (χ4n) is 2.30. The van der Waals surface area contributed by atoms with Crippen molar-refractivity contribution in [3.05, 3.63) is 12.2 Å². The molecule has 0 aromatic heterocycles. The van der Waals surface area contributed by atoms with Crippen molar-refractivity contribution in [1.82, 2.24) is 0 Å². The van der Waals surface area contributed by atoms with E-state index in [1.165, 1.54) is 0 Å². The summed E-state index contributed by atoms with van der Waals surface area (Å²) < 4.78 is 23.2. The molecule has 0 aliphatic heterocycles. The molecule has 0 N–H and O–H groups in total. The molecule has 5 heteroatoms. The van der Waals surface area contributed by atoms with Gasteiger partial charge >= 0.3 is 7.60 Å². The third kappa shape index (κ3) is 3.06. The molecule has 2 atom stereocenters. The first-order valence-electron chi connectivity index (χ1n) is 6.03. The third-order valence-corrected chi connectivity index (χ3v) is 5.57. The van der Waals surface area contributed by atoms with Gasteiger partial charge in [0.15, 0.2) is 0 Å². The lowest BCUT2D eigenvalue weighted by Gasteiger charge is -2.26. The molecule has 0 aromatic carbocycles. The number of ketones is 1. The summed E-state index contributed by atoms with van der Waals surface area (Å²) in [6.07, 6.45) is 1.13. The summed E-state index contributed by atoms with van der Waals surface area (Å²) in [5.74, 6) is -0.102. The van der Waals surface area contributed by atoms with Crippen molar-refractivity contribution in [3.63, 3.8) is 0 Å². The Morgan fingerprint density at radius 1 is 1.41 bits per heavy atom. The van der Waals surface area contributed by atoms with Crippen LogP contribution in [0.2, 0.25) is 0 Å².